The molecule has 3 aliphatic rings. The molecule has 3 fully saturated rings. The van der Waals surface area contributed by atoms with Gasteiger partial charge < -0.3 is 29.5 Å². The molecule has 9 rings (SSSR count). The first-order valence-electron chi connectivity index (χ1n) is 21.0. The molecule has 324 valence electrons. The number of aliphatic hydroxyl groups excluding tert-OH is 3. The second-order valence-electron chi connectivity index (χ2n) is 16.7. The van der Waals surface area contributed by atoms with Crippen molar-refractivity contribution in [2.24, 2.45) is 17.8 Å². The van der Waals surface area contributed by atoms with Gasteiger partial charge in [-0.2, -0.15) is 15.3 Å². The van der Waals surface area contributed by atoms with Crippen LogP contribution in [0.5, 0.6) is 17.2 Å². The van der Waals surface area contributed by atoms with Crippen LogP contribution in [0, 0.1) is 17.8 Å². The first-order valence-corrected chi connectivity index (χ1v) is 23.4. The van der Waals surface area contributed by atoms with Crippen molar-refractivity contribution in [2.45, 2.75) is 115 Å². The smallest absolute Gasteiger partial charge is 0.135 e. The Labute approximate surface area is 376 Å². The van der Waals surface area contributed by atoms with Crippen LogP contribution in [0.1, 0.15) is 96.7 Å². The Hall–Kier alpha value is -3.21. The van der Waals surface area contributed by atoms with E-state index in [0.717, 1.165) is 121 Å². The molecule has 0 unspecified atom stereocenters. The van der Waals surface area contributed by atoms with Crippen LogP contribution in [-0.2, 0) is 0 Å². The molecule has 60 heavy (non-hydrogen) atoms. The van der Waals surface area contributed by atoms with Crippen LogP contribution >= 0.6 is 47.8 Å². The third-order valence-corrected chi connectivity index (χ3v) is 14.9. The normalized spacial score (nSPS) is 26.9. The summed E-state index contributed by atoms with van der Waals surface area (Å²) >= 11 is 10.5. The number of aromatic nitrogens is 6. The number of hydrogen-bond acceptors (Lipinski definition) is 9. The molecule has 3 aromatic heterocycles. The highest BCUT2D eigenvalue weighted by Crippen LogP contribution is 2.39. The third kappa shape index (κ3) is 9.56. The molecule has 9 atom stereocenters. The van der Waals surface area contributed by atoms with Crippen molar-refractivity contribution >= 4 is 80.5 Å². The molecule has 0 radical (unpaired) electrons. The number of benzene rings is 3. The Morgan fingerprint density at radius 2 is 0.733 bits per heavy atom. The maximum absolute atomic E-state index is 10.0. The van der Waals surface area contributed by atoms with Gasteiger partial charge in [-0.3, -0.25) is 14.0 Å². The van der Waals surface area contributed by atoms with Crippen molar-refractivity contribution in [1.29, 1.82) is 0 Å². The van der Waals surface area contributed by atoms with E-state index in [1.54, 1.807) is 21.3 Å². The van der Waals surface area contributed by atoms with Gasteiger partial charge in [-0.25, -0.2) is 0 Å². The number of aliphatic hydroxyl groups is 3. The average molecular weight is 1020 g/mol. The van der Waals surface area contributed by atoms with E-state index in [1.807, 2.05) is 50.4 Å². The molecule has 15 heteroatoms. The van der Waals surface area contributed by atoms with Crippen molar-refractivity contribution in [3.05, 3.63) is 68.4 Å². The highest BCUT2D eigenvalue weighted by atomic mass is 79.9. The summed E-state index contributed by atoms with van der Waals surface area (Å²) in [5.74, 6) is 3.09. The summed E-state index contributed by atoms with van der Waals surface area (Å²) in [7, 11) is 4.97. The van der Waals surface area contributed by atoms with E-state index in [-0.39, 0.29) is 54.2 Å². The standard InChI is InChI=1S/3C15H19BrN2O2/c3*1-9-13(4-3-5-14(9)19)18-8-10-6-11(16)15(20-2)7-12(10)17-18/h3*6-9,13-14,19H,3-5H2,1-2H3/t9-,13+,14+;2*9-,13+,14-/m111/s1. The highest BCUT2D eigenvalue weighted by molar-refractivity contribution is 9.11. The minimum Gasteiger partial charge on any atom is -0.495 e. The summed E-state index contributed by atoms with van der Waals surface area (Å²) in [5, 5.41) is 47.4. The van der Waals surface area contributed by atoms with Gasteiger partial charge in [-0.15, -0.1) is 0 Å². The fraction of sp³-hybridized carbons (Fsp3) is 0.533. The summed E-state index contributed by atoms with van der Waals surface area (Å²) < 4.78 is 24.8. The molecule has 0 aliphatic heterocycles. The van der Waals surface area contributed by atoms with Crippen molar-refractivity contribution in [1.82, 2.24) is 29.3 Å². The van der Waals surface area contributed by atoms with E-state index >= 15 is 0 Å². The second-order valence-corrected chi connectivity index (χ2v) is 19.3. The van der Waals surface area contributed by atoms with Crippen LogP contribution in [0.15, 0.2) is 68.4 Å². The van der Waals surface area contributed by atoms with Crippen molar-refractivity contribution < 1.29 is 29.5 Å². The van der Waals surface area contributed by atoms with Gasteiger partial charge in [0.1, 0.15) is 17.2 Å². The zero-order valence-electron chi connectivity index (χ0n) is 35.1. The van der Waals surface area contributed by atoms with Crippen LogP contribution in [0.3, 0.4) is 0 Å². The minimum absolute atomic E-state index is 0.220. The van der Waals surface area contributed by atoms with Gasteiger partial charge in [0.25, 0.3) is 0 Å². The minimum atomic E-state index is -0.220. The number of ether oxygens (including phenoxy) is 3. The topological polar surface area (TPSA) is 142 Å². The van der Waals surface area contributed by atoms with Crippen molar-refractivity contribution in [2.75, 3.05) is 21.3 Å². The highest BCUT2D eigenvalue weighted by Gasteiger charge is 2.33. The first kappa shape index (κ1) is 44.8. The van der Waals surface area contributed by atoms with Gasteiger partial charge in [0.2, 0.25) is 0 Å². The third-order valence-electron chi connectivity index (χ3n) is 13.0. The van der Waals surface area contributed by atoms with Gasteiger partial charge in [0, 0.05) is 70.7 Å². The van der Waals surface area contributed by atoms with Crippen molar-refractivity contribution in [3.8, 4) is 17.2 Å². The van der Waals surface area contributed by atoms with Crippen LogP contribution in [0.4, 0.5) is 0 Å². The van der Waals surface area contributed by atoms with E-state index in [9.17, 15) is 15.3 Å². The van der Waals surface area contributed by atoms with Crippen LogP contribution in [-0.4, -0.2) is 84.3 Å². The average Bonchev–Trinajstić information content (AvgIpc) is 3.96. The van der Waals surface area contributed by atoms with Gasteiger partial charge in [0.15, 0.2) is 0 Å². The van der Waals surface area contributed by atoms with Gasteiger partial charge >= 0.3 is 0 Å². The zero-order valence-corrected chi connectivity index (χ0v) is 39.9. The Morgan fingerprint density at radius 1 is 0.467 bits per heavy atom. The molecule has 3 N–H and O–H groups in total. The summed E-state index contributed by atoms with van der Waals surface area (Å²) in [6.07, 6.45) is 14.6. The lowest BCUT2D eigenvalue weighted by molar-refractivity contribution is 0.0428. The molecule has 12 nitrogen and oxygen atoms in total. The fourth-order valence-corrected chi connectivity index (χ4v) is 10.8. The summed E-state index contributed by atoms with van der Waals surface area (Å²) in [6, 6.07) is 12.7. The van der Waals surface area contributed by atoms with E-state index in [0.29, 0.717) is 0 Å². The molecule has 0 bridgehead atoms. The molecule has 6 aromatic rings. The molecular weight excluding hydrogens is 960 g/mol. The molecule has 3 heterocycles. The maximum Gasteiger partial charge on any atom is 0.135 e. The predicted molar refractivity (Wildman–Crippen MR) is 246 cm³/mol. The number of nitrogens with zero attached hydrogens (tertiary/aromatic N) is 6. The lowest BCUT2D eigenvalue weighted by Gasteiger charge is -2.33. The molecule has 0 spiro atoms. The number of hydrogen-bond donors (Lipinski definition) is 3. The van der Waals surface area contributed by atoms with Crippen LogP contribution in [0.2, 0.25) is 0 Å². The predicted octanol–water partition coefficient (Wildman–Crippen LogP) is 10.6. The lowest BCUT2D eigenvalue weighted by atomic mass is 9.83. The second kappa shape index (κ2) is 19.5. The van der Waals surface area contributed by atoms with Crippen LogP contribution < -0.4 is 14.2 Å². The van der Waals surface area contributed by atoms with Crippen LogP contribution in [0.25, 0.3) is 32.7 Å². The Balaban J connectivity index is 0.000000136. The molecule has 0 saturated heterocycles. The lowest BCUT2D eigenvalue weighted by Crippen LogP contribution is -2.32. The molecular formula is C45H57Br3N6O6. The number of methoxy groups -OCH3 is 3. The summed E-state index contributed by atoms with van der Waals surface area (Å²) in [6.45, 7) is 6.33. The Morgan fingerprint density at radius 3 is 0.983 bits per heavy atom. The van der Waals surface area contributed by atoms with E-state index < -0.39 is 0 Å². The summed E-state index contributed by atoms with van der Waals surface area (Å²) in [4.78, 5) is 0. The van der Waals surface area contributed by atoms with E-state index in [2.05, 4.69) is 102 Å². The van der Waals surface area contributed by atoms with Gasteiger partial charge in [-0.05, 0) is 124 Å². The fourth-order valence-electron chi connectivity index (χ4n) is 9.19. The summed E-state index contributed by atoms with van der Waals surface area (Å²) in [5.41, 5.74) is 2.78. The van der Waals surface area contributed by atoms with E-state index in [4.69, 9.17) is 14.2 Å². The largest absolute Gasteiger partial charge is 0.495 e. The molecule has 3 saturated carbocycles. The Kier molecular flexibility index (Phi) is 14.5. The zero-order chi connectivity index (χ0) is 42.8. The molecule has 3 aliphatic carbocycles. The first-order chi connectivity index (χ1) is 28.8. The van der Waals surface area contributed by atoms with Crippen molar-refractivity contribution in [3.63, 3.8) is 0 Å². The number of halogens is 3. The number of fused-ring (bicyclic) bond motifs is 3. The maximum atomic E-state index is 10.0. The molecule has 3 aromatic carbocycles. The quantitative estimate of drug-likeness (QED) is 0.149. The Bertz CT molecular complexity index is 2140. The van der Waals surface area contributed by atoms with Gasteiger partial charge in [-0.1, -0.05) is 20.8 Å². The van der Waals surface area contributed by atoms with E-state index in [1.165, 1.54) is 0 Å². The van der Waals surface area contributed by atoms with Gasteiger partial charge in [0.05, 0.1) is 87.7 Å². The monoisotopic (exact) mass is 1010 g/mol. The molecule has 0 amide bonds. The number of rotatable bonds is 6. The SMILES string of the molecule is COc1cc2nn([C@H]3CCC[C@@H](O)[C@@H]3C)cc2cc1Br.COc1cc2nn([C@H]3CCC[C@@H](O)[C@@H]3C)cc2cc1Br.COc1cc2nn([C@H]3CCC[C@H](O)[C@@H]3C)cc2cc1Br.